The van der Waals surface area contributed by atoms with Gasteiger partial charge in [-0.05, 0) is 33.4 Å². The average Bonchev–Trinajstić information content (AvgIpc) is 2.23. The molecular weight excluding hydrogens is 256 g/mol. The molecule has 3 N–H and O–H groups in total. The minimum absolute atomic E-state index is 0.00479. The fraction of sp³-hybridized carbons (Fsp3) is 0.769. The normalized spacial score (nSPS) is 12.0. The van der Waals surface area contributed by atoms with E-state index < -0.39 is 0 Å². The summed E-state index contributed by atoms with van der Waals surface area (Å²) in [7, 11) is 4.11. The topological polar surface area (TPSA) is 89.2 Å². The van der Waals surface area contributed by atoms with E-state index in [4.69, 9.17) is 10.5 Å². The molecule has 7 nitrogen and oxygen atoms in total. The second-order valence-electron chi connectivity index (χ2n) is 6.22. The molecule has 1 heterocycles. The number of nitrogen functional groups attached to an aromatic ring is 1. The zero-order chi connectivity index (χ0) is 15.3. The van der Waals surface area contributed by atoms with Gasteiger partial charge in [-0.1, -0.05) is 13.8 Å². The maximum atomic E-state index is 5.66. The van der Waals surface area contributed by atoms with Crippen LogP contribution >= 0.6 is 0 Å². The molecule has 0 radical (unpaired) electrons. The Morgan fingerprint density at radius 2 is 1.90 bits per heavy atom. The molecule has 0 saturated heterocycles. The quantitative estimate of drug-likeness (QED) is 0.777. The van der Waals surface area contributed by atoms with Crippen LogP contribution in [0.3, 0.4) is 0 Å². The predicted molar refractivity (Wildman–Crippen MR) is 80.8 cm³/mol. The summed E-state index contributed by atoms with van der Waals surface area (Å²) < 4.78 is 5.44. The molecule has 20 heavy (non-hydrogen) atoms. The summed E-state index contributed by atoms with van der Waals surface area (Å²) in [6.07, 6.45) is -0.00479. The summed E-state index contributed by atoms with van der Waals surface area (Å²) in [4.78, 5) is 14.4. The molecule has 0 saturated carbocycles. The minimum atomic E-state index is -0.00479. The molecule has 114 valence electrons. The van der Waals surface area contributed by atoms with Gasteiger partial charge in [0.1, 0.15) is 0 Å². The van der Waals surface area contributed by atoms with Gasteiger partial charge < -0.3 is 20.7 Å². The highest BCUT2D eigenvalue weighted by Crippen LogP contribution is 2.17. The Hall–Kier alpha value is -1.63. The second kappa shape index (κ2) is 6.69. The van der Waals surface area contributed by atoms with Crippen LogP contribution in [0.15, 0.2) is 0 Å². The highest BCUT2D eigenvalue weighted by molar-refractivity contribution is 5.32. The van der Waals surface area contributed by atoms with Gasteiger partial charge in [-0.2, -0.15) is 15.0 Å². The summed E-state index contributed by atoms with van der Waals surface area (Å²) >= 11 is 0. The lowest BCUT2D eigenvalue weighted by atomic mass is 9.93. The van der Waals surface area contributed by atoms with Gasteiger partial charge in [-0.15, -0.1) is 0 Å². The van der Waals surface area contributed by atoms with Crippen LogP contribution in [0, 0.1) is 5.41 Å². The average molecular weight is 282 g/mol. The SMILES string of the molecule is CC(C)Oc1nc(N)nc(NCC(C)(C)CN(C)C)n1. The van der Waals surface area contributed by atoms with Crippen LogP contribution in [-0.2, 0) is 0 Å². The minimum Gasteiger partial charge on any atom is -0.461 e. The third kappa shape index (κ3) is 6.01. The van der Waals surface area contributed by atoms with Crippen molar-refractivity contribution in [2.24, 2.45) is 5.41 Å². The Morgan fingerprint density at radius 1 is 1.25 bits per heavy atom. The summed E-state index contributed by atoms with van der Waals surface area (Å²) in [5.74, 6) is 0.601. The van der Waals surface area contributed by atoms with Crippen LogP contribution in [0.25, 0.3) is 0 Å². The van der Waals surface area contributed by atoms with Crippen LogP contribution in [0.5, 0.6) is 6.01 Å². The summed E-state index contributed by atoms with van der Waals surface area (Å²) in [5, 5.41) is 3.20. The van der Waals surface area contributed by atoms with E-state index in [1.807, 2.05) is 13.8 Å². The Bertz CT molecular complexity index is 433. The molecule has 0 amide bonds. The highest BCUT2D eigenvalue weighted by Gasteiger charge is 2.19. The number of ether oxygens (including phenoxy) is 1. The lowest BCUT2D eigenvalue weighted by Gasteiger charge is -2.28. The zero-order valence-corrected chi connectivity index (χ0v) is 13.3. The number of nitrogens with one attached hydrogen (secondary N) is 1. The van der Waals surface area contributed by atoms with Crippen molar-refractivity contribution in [1.29, 1.82) is 0 Å². The molecule has 0 aromatic carbocycles. The lowest BCUT2D eigenvalue weighted by molar-refractivity contribution is 0.222. The van der Waals surface area contributed by atoms with Gasteiger partial charge in [-0.25, -0.2) is 0 Å². The molecule has 0 aliphatic rings. The number of hydrogen-bond acceptors (Lipinski definition) is 7. The van der Waals surface area contributed by atoms with Crippen molar-refractivity contribution < 1.29 is 4.74 Å². The van der Waals surface area contributed by atoms with E-state index in [0.717, 1.165) is 13.1 Å². The largest absolute Gasteiger partial charge is 0.461 e. The first-order valence-corrected chi connectivity index (χ1v) is 6.75. The Morgan fingerprint density at radius 3 is 2.45 bits per heavy atom. The van der Waals surface area contributed by atoms with Crippen molar-refractivity contribution in [3.05, 3.63) is 0 Å². The highest BCUT2D eigenvalue weighted by atomic mass is 16.5. The van der Waals surface area contributed by atoms with Crippen LogP contribution < -0.4 is 15.8 Å². The number of nitrogens with two attached hydrogens (primary N) is 1. The summed E-state index contributed by atoms with van der Waals surface area (Å²) in [5.41, 5.74) is 5.75. The molecule has 0 unspecified atom stereocenters. The predicted octanol–water partition coefficient (Wildman–Crippen LogP) is 1.24. The van der Waals surface area contributed by atoms with Gasteiger partial charge in [0.2, 0.25) is 11.9 Å². The first kappa shape index (κ1) is 16.4. The fourth-order valence-electron chi connectivity index (χ4n) is 1.94. The van der Waals surface area contributed by atoms with E-state index >= 15 is 0 Å². The Balaban J connectivity index is 2.70. The van der Waals surface area contributed by atoms with E-state index in [-0.39, 0.29) is 23.5 Å². The van der Waals surface area contributed by atoms with Gasteiger partial charge in [0.25, 0.3) is 0 Å². The molecule has 0 aliphatic carbocycles. The Labute approximate surface area is 121 Å². The first-order valence-electron chi connectivity index (χ1n) is 6.75. The molecule has 1 rings (SSSR count). The van der Waals surface area contributed by atoms with E-state index in [1.54, 1.807) is 0 Å². The van der Waals surface area contributed by atoms with Crippen molar-refractivity contribution in [3.63, 3.8) is 0 Å². The molecule has 7 heteroatoms. The van der Waals surface area contributed by atoms with E-state index in [0.29, 0.717) is 5.95 Å². The monoisotopic (exact) mass is 282 g/mol. The number of aromatic nitrogens is 3. The molecule has 0 bridgehead atoms. The van der Waals surface area contributed by atoms with Crippen LogP contribution in [0.1, 0.15) is 27.7 Å². The van der Waals surface area contributed by atoms with E-state index in [9.17, 15) is 0 Å². The smallest absolute Gasteiger partial charge is 0.323 e. The number of anilines is 2. The standard InChI is InChI=1S/C13H26N6O/c1-9(2)20-12-17-10(14)16-11(18-12)15-7-13(3,4)8-19(5)6/h9H,7-8H2,1-6H3,(H3,14,15,16,17,18). The maximum absolute atomic E-state index is 5.66. The van der Waals surface area contributed by atoms with Gasteiger partial charge in [-0.3, -0.25) is 0 Å². The van der Waals surface area contributed by atoms with Gasteiger partial charge in [0.05, 0.1) is 6.10 Å². The summed E-state index contributed by atoms with van der Waals surface area (Å²) in [6, 6.07) is 0.250. The van der Waals surface area contributed by atoms with Gasteiger partial charge in [0, 0.05) is 13.1 Å². The van der Waals surface area contributed by atoms with Gasteiger partial charge >= 0.3 is 6.01 Å². The number of nitrogens with zero attached hydrogens (tertiary/aromatic N) is 4. The van der Waals surface area contributed by atoms with Crippen LogP contribution in [0.2, 0.25) is 0 Å². The van der Waals surface area contributed by atoms with E-state index in [1.165, 1.54) is 0 Å². The zero-order valence-electron chi connectivity index (χ0n) is 13.3. The second-order valence-corrected chi connectivity index (χ2v) is 6.22. The van der Waals surface area contributed by atoms with Crippen molar-refractivity contribution >= 4 is 11.9 Å². The van der Waals surface area contributed by atoms with E-state index in [2.05, 4.69) is 53.1 Å². The van der Waals surface area contributed by atoms with Crippen molar-refractivity contribution in [1.82, 2.24) is 19.9 Å². The molecule has 1 aromatic heterocycles. The molecule has 0 atom stereocenters. The number of rotatable bonds is 7. The molecule has 0 spiro atoms. The molecule has 0 fully saturated rings. The van der Waals surface area contributed by atoms with Crippen molar-refractivity contribution in [2.45, 2.75) is 33.8 Å². The molecule has 1 aromatic rings. The van der Waals surface area contributed by atoms with Crippen LogP contribution in [0.4, 0.5) is 11.9 Å². The third-order valence-corrected chi connectivity index (χ3v) is 2.44. The maximum Gasteiger partial charge on any atom is 0.323 e. The van der Waals surface area contributed by atoms with Crippen molar-refractivity contribution in [2.75, 3.05) is 38.2 Å². The van der Waals surface area contributed by atoms with Gasteiger partial charge in [0.15, 0.2) is 0 Å². The van der Waals surface area contributed by atoms with Crippen LogP contribution in [-0.4, -0.2) is 53.1 Å². The lowest BCUT2D eigenvalue weighted by Crippen LogP contribution is -2.34. The molecule has 0 aliphatic heterocycles. The number of hydrogen-bond donors (Lipinski definition) is 2. The first-order chi connectivity index (χ1) is 9.18. The fourth-order valence-corrected chi connectivity index (χ4v) is 1.94. The summed E-state index contributed by atoms with van der Waals surface area (Å²) in [6.45, 7) is 9.86. The molecular formula is C13H26N6O. The van der Waals surface area contributed by atoms with Crippen molar-refractivity contribution in [3.8, 4) is 6.01 Å². The third-order valence-electron chi connectivity index (χ3n) is 2.44. The Kier molecular flexibility index (Phi) is 5.50.